The van der Waals surface area contributed by atoms with Crippen LogP contribution in [0.5, 0.6) is 0 Å². The van der Waals surface area contributed by atoms with Crippen LogP contribution in [0.3, 0.4) is 0 Å². The van der Waals surface area contributed by atoms with Crippen molar-refractivity contribution in [3.8, 4) is 0 Å². The molecule has 0 bridgehead atoms. The predicted octanol–water partition coefficient (Wildman–Crippen LogP) is 3.84. The van der Waals surface area contributed by atoms with Gasteiger partial charge in [0.2, 0.25) is 5.91 Å². The fraction of sp³-hybridized carbons (Fsp3) is 0.154. The van der Waals surface area contributed by atoms with Crippen molar-refractivity contribution >= 4 is 34.0 Å². The lowest BCUT2D eigenvalue weighted by atomic mass is 10.1. The monoisotopic (exact) mass is 233 g/mol. The number of halogens is 1. The highest BCUT2D eigenvalue weighted by Gasteiger charge is 2.00. The van der Waals surface area contributed by atoms with Crippen LogP contribution in [0.2, 0.25) is 5.02 Å². The number of hydrogen-bond acceptors (Lipinski definition) is 1. The molecule has 16 heavy (non-hydrogen) atoms. The number of carbonyl (C=O) groups excluding carboxylic acids is 1. The summed E-state index contributed by atoms with van der Waals surface area (Å²) in [6, 6.07) is 11.5. The van der Waals surface area contributed by atoms with E-state index in [1.165, 1.54) is 0 Å². The molecule has 1 amide bonds. The maximum atomic E-state index is 11.2. The molecule has 0 atom stereocenters. The summed E-state index contributed by atoms with van der Waals surface area (Å²) in [4.78, 5) is 11.2. The molecule has 2 nitrogen and oxygen atoms in total. The summed E-state index contributed by atoms with van der Waals surface area (Å²) in [6.45, 7) is 1.83. The van der Waals surface area contributed by atoms with E-state index < -0.39 is 0 Å². The Kier molecular flexibility index (Phi) is 3.11. The lowest BCUT2D eigenvalue weighted by Crippen LogP contribution is -2.09. The van der Waals surface area contributed by atoms with Gasteiger partial charge in [-0.25, -0.2) is 0 Å². The summed E-state index contributed by atoms with van der Waals surface area (Å²) in [6.07, 6.45) is 0.485. The van der Waals surface area contributed by atoms with Gasteiger partial charge >= 0.3 is 0 Å². The predicted molar refractivity (Wildman–Crippen MR) is 67.9 cm³/mol. The van der Waals surface area contributed by atoms with Crippen molar-refractivity contribution in [1.29, 1.82) is 0 Å². The molecule has 0 unspecified atom stereocenters. The number of carbonyl (C=O) groups is 1. The summed E-state index contributed by atoms with van der Waals surface area (Å²) < 4.78 is 0. The van der Waals surface area contributed by atoms with Crippen molar-refractivity contribution in [3.05, 3.63) is 41.4 Å². The fourth-order valence-corrected chi connectivity index (χ4v) is 1.72. The summed E-state index contributed by atoms with van der Waals surface area (Å²) in [5.74, 6) is 0.0216. The van der Waals surface area contributed by atoms with Crippen molar-refractivity contribution in [2.75, 3.05) is 5.32 Å². The molecule has 0 aliphatic heterocycles. The van der Waals surface area contributed by atoms with E-state index in [-0.39, 0.29) is 5.91 Å². The number of benzene rings is 2. The molecule has 0 aliphatic carbocycles. The van der Waals surface area contributed by atoms with Gasteiger partial charge in [0.05, 0.1) is 0 Å². The molecule has 0 aliphatic rings. The zero-order valence-corrected chi connectivity index (χ0v) is 9.71. The van der Waals surface area contributed by atoms with Crippen molar-refractivity contribution in [2.45, 2.75) is 13.3 Å². The van der Waals surface area contributed by atoms with Crippen molar-refractivity contribution in [1.82, 2.24) is 0 Å². The summed E-state index contributed by atoms with van der Waals surface area (Å²) in [5, 5.41) is 5.69. The largest absolute Gasteiger partial charge is 0.326 e. The quantitative estimate of drug-likeness (QED) is 0.839. The molecule has 2 aromatic carbocycles. The Bertz CT molecular complexity index is 536. The molecule has 0 saturated carbocycles. The minimum Gasteiger partial charge on any atom is -0.326 e. The first kappa shape index (κ1) is 11.0. The van der Waals surface area contributed by atoms with Crippen LogP contribution in [0.15, 0.2) is 36.4 Å². The highest BCUT2D eigenvalue weighted by Crippen LogP contribution is 2.22. The first-order valence-corrected chi connectivity index (χ1v) is 5.56. The maximum Gasteiger partial charge on any atom is 0.224 e. The van der Waals surface area contributed by atoms with Crippen LogP contribution in [-0.2, 0) is 4.79 Å². The number of nitrogens with one attached hydrogen (secondary N) is 1. The maximum absolute atomic E-state index is 11.2. The van der Waals surface area contributed by atoms with Gasteiger partial charge in [-0.3, -0.25) is 4.79 Å². The van der Waals surface area contributed by atoms with Gasteiger partial charge in [-0.05, 0) is 35.0 Å². The zero-order valence-electron chi connectivity index (χ0n) is 8.96. The van der Waals surface area contributed by atoms with Gasteiger partial charge in [-0.1, -0.05) is 30.7 Å². The van der Waals surface area contributed by atoms with E-state index in [1.807, 2.05) is 43.3 Å². The molecular weight excluding hydrogens is 222 g/mol. The lowest BCUT2D eigenvalue weighted by Gasteiger charge is -2.05. The van der Waals surface area contributed by atoms with Gasteiger partial charge in [-0.2, -0.15) is 0 Å². The number of anilines is 1. The minimum atomic E-state index is 0.0216. The molecule has 0 radical (unpaired) electrons. The summed E-state index contributed by atoms with van der Waals surface area (Å²) >= 11 is 5.90. The highest BCUT2D eigenvalue weighted by atomic mass is 35.5. The topological polar surface area (TPSA) is 29.1 Å². The lowest BCUT2D eigenvalue weighted by molar-refractivity contribution is -0.115. The molecule has 2 aromatic rings. The first-order valence-electron chi connectivity index (χ1n) is 5.18. The van der Waals surface area contributed by atoms with Gasteiger partial charge in [-0.15, -0.1) is 0 Å². The average molecular weight is 234 g/mol. The standard InChI is InChI=1S/C13H12ClNO/c1-2-13(16)15-12-6-4-9-7-11(14)5-3-10(9)8-12/h3-8H,2H2,1H3,(H,15,16). The van der Waals surface area contributed by atoms with E-state index in [9.17, 15) is 4.79 Å². The number of amides is 1. The van der Waals surface area contributed by atoms with E-state index in [4.69, 9.17) is 11.6 Å². The second-order valence-corrected chi connectivity index (χ2v) is 4.04. The number of fused-ring (bicyclic) bond motifs is 1. The molecule has 3 heteroatoms. The fourth-order valence-electron chi connectivity index (χ4n) is 1.54. The van der Waals surface area contributed by atoms with Gasteiger partial charge in [0, 0.05) is 17.1 Å². The summed E-state index contributed by atoms with van der Waals surface area (Å²) in [5.41, 5.74) is 0.821. The third-order valence-corrected chi connectivity index (χ3v) is 2.64. The Morgan fingerprint density at radius 2 is 1.88 bits per heavy atom. The molecule has 2 rings (SSSR count). The Morgan fingerprint density at radius 3 is 2.62 bits per heavy atom. The van der Waals surface area contributed by atoms with Gasteiger partial charge < -0.3 is 5.32 Å². The van der Waals surface area contributed by atoms with Crippen molar-refractivity contribution < 1.29 is 4.79 Å². The van der Waals surface area contributed by atoms with Crippen molar-refractivity contribution in [3.63, 3.8) is 0 Å². The highest BCUT2D eigenvalue weighted by molar-refractivity contribution is 6.31. The number of hydrogen-bond donors (Lipinski definition) is 1. The zero-order chi connectivity index (χ0) is 11.5. The molecule has 1 N–H and O–H groups in total. The van der Waals surface area contributed by atoms with Gasteiger partial charge in [0.1, 0.15) is 0 Å². The van der Waals surface area contributed by atoms with Crippen LogP contribution in [0.25, 0.3) is 10.8 Å². The third-order valence-electron chi connectivity index (χ3n) is 2.41. The van der Waals surface area contributed by atoms with Crippen LogP contribution in [0, 0.1) is 0 Å². The van der Waals surface area contributed by atoms with E-state index >= 15 is 0 Å². The Morgan fingerprint density at radius 1 is 1.19 bits per heavy atom. The second-order valence-electron chi connectivity index (χ2n) is 3.61. The van der Waals surface area contributed by atoms with E-state index in [0.29, 0.717) is 6.42 Å². The van der Waals surface area contributed by atoms with Crippen LogP contribution in [-0.4, -0.2) is 5.91 Å². The van der Waals surface area contributed by atoms with E-state index in [0.717, 1.165) is 21.5 Å². The van der Waals surface area contributed by atoms with Crippen LogP contribution in [0.1, 0.15) is 13.3 Å². The second kappa shape index (κ2) is 4.54. The Hall–Kier alpha value is -1.54. The molecule has 0 aromatic heterocycles. The SMILES string of the molecule is CCC(=O)Nc1ccc2cc(Cl)ccc2c1. The van der Waals surface area contributed by atoms with Crippen LogP contribution in [0.4, 0.5) is 5.69 Å². The van der Waals surface area contributed by atoms with E-state index in [1.54, 1.807) is 0 Å². The molecular formula is C13H12ClNO. The first-order chi connectivity index (χ1) is 7.69. The normalized spacial score (nSPS) is 10.4. The Balaban J connectivity index is 2.37. The minimum absolute atomic E-state index is 0.0216. The van der Waals surface area contributed by atoms with Gasteiger partial charge in [0.25, 0.3) is 0 Å². The van der Waals surface area contributed by atoms with Crippen LogP contribution >= 0.6 is 11.6 Å². The summed E-state index contributed by atoms with van der Waals surface area (Å²) in [7, 11) is 0. The smallest absolute Gasteiger partial charge is 0.224 e. The molecule has 0 fully saturated rings. The van der Waals surface area contributed by atoms with E-state index in [2.05, 4.69) is 5.32 Å². The van der Waals surface area contributed by atoms with Crippen LogP contribution < -0.4 is 5.32 Å². The molecule has 82 valence electrons. The van der Waals surface area contributed by atoms with Crippen molar-refractivity contribution in [2.24, 2.45) is 0 Å². The molecule has 0 spiro atoms. The third kappa shape index (κ3) is 2.34. The molecule has 0 saturated heterocycles. The molecule has 0 heterocycles. The number of rotatable bonds is 2. The van der Waals surface area contributed by atoms with Gasteiger partial charge in [0.15, 0.2) is 0 Å². The Labute approximate surface area is 99.2 Å². The average Bonchev–Trinajstić information content (AvgIpc) is 2.29.